The second-order valence-electron chi connectivity index (χ2n) is 6.58. The van der Waals surface area contributed by atoms with Crippen LogP contribution in [0.5, 0.6) is 0 Å². The van der Waals surface area contributed by atoms with Crippen LogP contribution in [-0.4, -0.2) is 44.2 Å². The number of aryl methyl sites for hydroxylation is 1. The minimum Gasteiger partial charge on any atom is -0.369 e. The largest absolute Gasteiger partial charge is 0.369 e. The van der Waals surface area contributed by atoms with Gasteiger partial charge in [-0.1, -0.05) is 38.5 Å². The minimum atomic E-state index is 0.700. The van der Waals surface area contributed by atoms with Crippen molar-refractivity contribution in [1.29, 1.82) is 0 Å². The van der Waals surface area contributed by atoms with Gasteiger partial charge in [0.25, 0.3) is 0 Å². The monoisotopic (exact) mass is 289 g/mol. The zero-order valence-electron chi connectivity index (χ0n) is 14.2. The van der Waals surface area contributed by atoms with Crippen LogP contribution in [0, 0.1) is 12.8 Å². The van der Waals surface area contributed by atoms with Crippen molar-refractivity contribution in [3.63, 3.8) is 0 Å². The molecule has 1 saturated heterocycles. The third-order valence-electron chi connectivity index (χ3n) is 4.26. The number of anilines is 1. The zero-order chi connectivity index (χ0) is 15.2. The Balaban J connectivity index is 2.04. The van der Waals surface area contributed by atoms with Crippen molar-refractivity contribution in [2.45, 2.75) is 34.2 Å². The molecule has 0 aromatic heterocycles. The predicted octanol–water partition coefficient (Wildman–Crippen LogP) is 2.88. The Hall–Kier alpha value is -1.06. The first kappa shape index (κ1) is 16.3. The van der Waals surface area contributed by atoms with E-state index < -0.39 is 0 Å². The summed E-state index contributed by atoms with van der Waals surface area (Å²) in [5, 5.41) is 3.59. The second-order valence-corrected chi connectivity index (χ2v) is 6.58. The molecule has 1 fully saturated rings. The van der Waals surface area contributed by atoms with Crippen LogP contribution < -0.4 is 10.2 Å². The van der Waals surface area contributed by atoms with E-state index in [2.05, 4.69) is 61.0 Å². The Morgan fingerprint density at radius 2 is 1.86 bits per heavy atom. The standard InChI is InChI=1S/C18H31N3/c1-5-20-8-10-21(11-9-20)18-7-6-16(4)12-17(18)14-19-13-15(2)3/h6-7,12,15,19H,5,8-11,13-14H2,1-4H3. The number of likely N-dealkylation sites (N-methyl/N-ethyl adjacent to an activating group) is 1. The molecule has 2 rings (SSSR count). The zero-order valence-corrected chi connectivity index (χ0v) is 14.2. The molecule has 0 aliphatic carbocycles. The molecular formula is C18H31N3. The summed E-state index contributed by atoms with van der Waals surface area (Å²) < 4.78 is 0. The Morgan fingerprint density at radius 1 is 1.14 bits per heavy atom. The molecule has 0 radical (unpaired) electrons. The first-order valence-electron chi connectivity index (χ1n) is 8.37. The molecule has 1 aliphatic rings. The Kier molecular flexibility index (Phi) is 6.07. The number of hydrogen-bond acceptors (Lipinski definition) is 3. The number of nitrogens with one attached hydrogen (secondary N) is 1. The average Bonchev–Trinajstić information content (AvgIpc) is 2.47. The highest BCUT2D eigenvalue weighted by Gasteiger charge is 2.18. The lowest BCUT2D eigenvalue weighted by atomic mass is 10.1. The van der Waals surface area contributed by atoms with Crippen LogP contribution in [0.2, 0.25) is 0 Å². The molecule has 0 bridgehead atoms. The summed E-state index contributed by atoms with van der Waals surface area (Å²) in [5.41, 5.74) is 4.22. The first-order valence-corrected chi connectivity index (χ1v) is 8.37. The van der Waals surface area contributed by atoms with E-state index in [4.69, 9.17) is 0 Å². The van der Waals surface area contributed by atoms with E-state index in [0.717, 1.165) is 26.2 Å². The van der Waals surface area contributed by atoms with Gasteiger partial charge in [0.15, 0.2) is 0 Å². The van der Waals surface area contributed by atoms with Gasteiger partial charge in [-0.15, -0.1) is 0 Å². The van der Waals surface area contributed by atoms with Crippen LogP contribution in [0.15, 0.2) is 18.2 Å². The maximum absolute atomic E-state index is 3.59. The molecule has 1 aliphatic heterocycles. The van der Waals surface area contributed by atoms with Crippen molar-refractivity contribution in [1.82, 2.24) is 10.2 Å². The van der Waals surface area contributed by atoms with Gasteiger partial charge in [-0.05, 0) is 37.6 Å². The third kappa shape index (κ3) is 4.72. The number of hydrogen-bond donors (Lipinski definition) is 1. The number of rotatable bonds is 6. The Morgan fingerprint density at radius 3 is 2.48 bits per heavy atom. The fourth-order valence-electron chi connectivity index (χ4n) is 2.96. The summed E-state index contributed by atoms with van der Waals surface area (Å²) in [6, 6.07) is 6.89. The highest BCUT2D eigenvalue weighted by molar-refractivity contribution is 5.55. The van der Waals surface area contributed by atoms with Gasteiger partial charge in [-0.25, -0.2) is 0 Å². The maximum Gasteiger partial charge on any atom is 0.0412 e. The summed E-state index contributed by atoms with van der Waals surface area (Å²) >= 11 is 0. The minimum absolute atomic E-state index is 0.700. The van der Waals surface area contributed by atoms with Crippen molar-refractivity contribution in [2.75, 3.05) is 44.2 Å². The molecule has 21 heavy (non-hydrogen) atoms. The van der Waals surface area contributed by atoms with Crippen molar-refractivity contribution in [3.8, 4) is 0 Å². The molecule has 0 saturated carbocycles. The van der Waals surface area contributed by atoms with Crippen LogP contribution in [0.4, 0.5) is 5.69 Å². The maximum atomic E-state index is 3.59. The molecule has 3 nitrogen and oxygen atoms in total. The van der Waals surface area contributed by atoms with E-state index in [-0.39, 0.29) is 0 Å². The number of piperazine rings is 1. The van der Waals surface area contributed by atoms with E-state index in [1.165, 1.54) is 36.4 Å². The second kappa shape index (κ2) is 7.81. The molecule has 0 unspecified atom stereocenters. The first-order chi connectivity index (χ1) is 10.1. The summed E-state index contributed by atoms with van der Waals surface area (Å²) in [6.07, 6.45) is 0. The molecule has 0 amide bonds. The van der Waals surface area contributed by atoms with Crippen LogP contribution in [0.25, 0.3) is 0 Å². The molecule has 3 heteroatoms. The summed E-state index contributed by atoms with van der Waals surface area (Å²) in [5.74, 6) is 0.700. The lowest BCUT2D eigenvalue weighted by Crippen LogP contribution is -2.46. The predicted molar refractivity (Wildman–Crippen MR) is 92.1 cm³/mol. The van der Waals surface area contributed by atoms with Gasteiger partial charge >= 0.3 is 0 Å². The molecule has 1 heterocycles. The van der Waals surface area contributed by atoms with Crippen molar-refractivity contribution in [3.05, 3.63) is 29.3 Å². The summed E-state index contributed by atoms with van der Waals surface area (Å²) in [4.78, 5) is 5.08. The Bertz CT molecular complexity index is 434. The van der Waals surface area contributed by atoms with E-state index >= 15 is 0 Å². The summed E-state index contributed by atoms with van der Waals surface area (Å²) in [6.45, 7) is 16.8. The number of benzene rings is 1. The SMILES string of the molecule is CCN1CCN(c2ccc(C)cc2CNCC(C)C)CC1. The molecule has 118 valence electrons. The highest BCUT2D eigenvalue weighted by atomic mass is 15.3. The van der Waals surface area contributed by atoms with Crippen LogP contribution >= 0.6 is 0 Å². The summed E-state index contributed by atoms with van der Waals surface area (Å²) in [7, 11) is 0. The molecule has 0 atom stereocenters. The third-order valence-corrected chi connectivity index (χ3v) is 4.26. The van der Waals surface area contributed by atoms with Gasteiger partial charge in [-0.3, -0.25) is 0 Å². The van der Waals surface area contributed by atoms with E-state index in [9.17, 15) is 0 Å². The topological polar surface area (TPSA) is 18.5 Å². The van der Waals surface area contributed by atoms with E-state index in [0.29, 0.717) is 5.92 Å². The van der Waals surface area contributed by atoms with Gasteiger partial charge in [0, 0.05) is 38.4 Å². The van der Waals surface area contributed by atoms with Gasteiger partial charge in [0.2, 0.25) is 0 Å². The number of nitrogens with zero attached hydrogens (tertiary/aromatic N) is 2. The van der Waals surface area contributed by atoms with Gasteiger partial charge in [0.05, 0.1) is 0 Å². The highest BCUT2D eigenvalue weighted by Crippen LogP contribution is 2.23. The lowest BCUT2D eigenvalue weighted by molar-refractivity contribution is 0.271. The van der Waals surface area contributed by atoms with Gasteiger partial charge in [-0.2, -0.15) is 0 Å². The lowest BCUT2D eigenvalue weighted by Gasteiger charge is -2.36. The smallest absolute Gasteiger partial charge is 0.0412 e. The normalized spacial score (nSPS) is 16.7. The molecule has 1 N–H and O–H groups in total. The van der Waals surface area contributed by atoms with Crippen LogP contribution in [0.1, 0.15) is 31.9 Å². The molecular weight excluding hydrogens is 258 g/mol. The van der Waals surface area contributed by atoms with E-state index in [1.54, 1.807) is 0 Å². The van der Waals surface area contributed by atoms with Crippen LogP contribution in [-0.2, 0) is 6.54 Å². The van der Waals surface area contributed by atoms with Crippen LogP contribution in [0.3, 0.4) is 0 Å². The van der Waals surface area contributed by atoms with Crippen molar-refractivity contribution < 1.29 is 0 Å². The van der Waals surface area contributed by atoms with Crippen molar-refractivity contribution in [2.24, 2.45) is 5.92 Å². The van der Waals surface area contributed by atoms with Gasteiger partial charge < -0.3 is 15.1 Å². The molecule has 1 aromatic rings. The molecule has 0 spiro atoms. The fourth-order valence-corrected chi connectivity index (χ4v) is 2.96. The quantitative estimate of drug-likeness (QED) is 0.869. The van der Waals surface area contributed by atoms with E-state index in [1.807, 2.05) is 0 Å². The Labute approximate surface area is 130 Å². The fraction of sp³-hybridized carbons (Fsp3) is 0.667. The van der Waals surface area contributed by atoms with Gasteiger partial charge in [0.1, 0.15) is 0 Å². The van der Waals surface area contributed by atoms with Crippen molar-refractivity contribution >= 4 is 5.69 Å². The molecule has 1 aromatic carbocycles. The average molecular weight is 289 g/mol.